The minimum atomic E-state index is -1.31. The Morgan fingerprint density at radius 1 is 1.08 bits per heavy atom. The molecule has 8 heteroatoms. The number of unbranched alkanes of at least 4 members (excludes halogenated alkanes) is 1. The van der Waals surface area contributed by atoms with Gasteiger partial charge in [-0.25, -0.2) is 4.79 Å². The third-order valence-electron chi connectivity index (χ3n) is 5.22. The standard InChI is InChI=1S/C28H35N3O5/c1-6-8-18-29-25(33)24(21-16-12-13-17-23(21)32)31(7-2)26(34)22(19-20-14-10-9-11-15-20)30-27(35)36-28(3,4)5/h2,9-17,22,24,32H,6,8,18-19H2,1,3-5H3,(H,29,33)(H,30,35). The Hall–Kier alpha value is -3.99. The summed E-state index contributed by atoms with van der Waals surface area (Å²) in [6, 6.07) is 15.2. The fourth-order valence-corrected chi connectivity index (χ4v) is 3.53. The number of ether oxygens (including phenoxy) is 1. The van der Waals surface area contributed by atoms with E-state index >= 15 is 0 Å². The topological polar surface area (TPSA) is 108 Å². The highest BCUT2D eigenvalue weighted by molar-refractivity contribution is 5.93. The van der Waals surface area contributed by atoms with Crippen LogP contribution in [-0.2, 0) is 20.7 Å². The zero-order chi connectivity index (χ0) is 26.7. The number of carbonyl (C=O) groups is 3. The molecule has 2 aromatic carbocycles. The lowest BCUT2D eigenvalue weighted by Crippen LogP contribution is -2.52. The van der Waals surface area contributed by atoms with Crippen molar-refractivity contribution < 1.29 is 24.2 Å². The SMILES string of the molecule is C#CN(C(=O)C(Cc1ccccc1)NC(=O)OC(C)(C)C)C(C(=O)NCCCC)c1ccccc1O. The summed E-state index contributed by atoms with van der Waals surface area (Å²) in [6.07, 6.45) is 6.69. The highest BCUT2D eigenvalue weighted by Gasteiger charge is 2.37. The zero-order valence-electron chi connectivity index (χ0n) is 21.3. The number of phenols is 1. The number of rotatable bonds is 10. The van der Waals surface area contributed by atoms with Crippen LogP contribution >= 0.6 is 0 Å². The molecule has 0 aliphatic carbocycles. The molecule has 0 aliphatic rings. The fourth-order valence-electron chi connectivity index (χ4n) is 3.53. The number of hydrogen-bond acceptors (Lipinski definition) is 5. The molecule has 0 heterocycles. The van der Waals surface area contributed by atoms with Crippen LogP contribution in [0.4, 0.5) is 4.79 Å². The quantitative estimate of drug-likeness (QED) is 0.264. The number of benzene rings is 2. The Morgan fingerprint density at radius 3 is 2.31 bits per heavy atom. The first kappa shape index (κ1) is 28.2. The highest BCUT2D eigenvalue weighted by Crippen LogP contribution is 2.29. The van der Waals surface area contributed by atoms with Crippen molar-refractivity contribution in [1.29, 1.82) is 0 Å². The lowest BCUT2D eigenvalue weighted by Gasteiger charge is -2.30. The van der Waals surface area contributed by atoms with E-state index in [1.807, 2.05) is 37.3 Å². The normalized spacial score (nSPS) is 12.5. The maximum atomic E-state index is 13.8. The third-order valence-corrected chi connectivity index (χ3v) is 5.22. The number of nitrogens with one attached hydrogen (secondary N) is 2. The second-order valence-electron chi connectivity index (χ2n) is 9.33. The van der Waals surface area contributed by atoms with Crippen molar-refractivity contribution >= 4 is 17.9 Å². The molecule has 36 heavy (non-hydrogen) atoms. The number of amides is 3. The Labute approximate surface area is 213 Å². The van der Waals surface area contributed by atoms with Gasteiger partial charge in [0.25, 0.3) is 5.91 Å². The third kappa shape index (κ3) is 8.35. The number of aromatic hydroxyl groups is 1. The van der Waals surface area contributed by atoms with Crippen LogP contribution in [0, 0.1) is 12.5 Å². The first-order chi connectivity index (χ1) is 17.1. The molecule has 0 aliphatic heterocycles. The second kappa shape index (κ2) is 13.2. The minimum absolute atomic E-state index is 0.113. The molecule has 0 saturated carbocycles. The van der Waals surface area contributed by atoms with Crippen LogP contribution in [0.2, 0.25) is 0 Å². The van der Waals surface area contributed by atoms with E-state index in [0.717, 1.165) is 23.3 Å². The van der Waals surface area contributed by atoms with Crippen molar-refractivity contribution in [1.82, 2.24) is 15.5 Å². The molecule has 0 radical (unpaired) electrons. The molecule has 0 bridgehead atoms. The minimum Gasteiger partial charge on any atom is -0.508 e. The zero-order valence-corrected chi connectivity index (χ0v) is 21.3. The predicted octanol–water partition coefficient (Wildman–Crippen LogP) is 3.90. The molecular formula is C28H35N3O5. The molecule has 2 aromatic rings. The average Bonchev–Trinajstić information content (AvgIpc) is 2.82. The molecule has 3 amide bonds. The van der Waals surface area contributed by atoms with Gasteiger partial charge < -0.3 is 20.5 Å². The lowest BCUT2D eigenvalue weighted by molar-refractivity contribution is -0.138. The molecular weight excluding hydrogens is 458 g/mol. The van der Waals surface area contributed by atoms with E-state index in [9.17, 15) is 19.5 Å². The Kier molecular flexibility index (Phi) is 10.4. The van der Waals surface area contributed by atoms with E-state index in [1.165, 1.54) is 12.1 Å². The van der Waals surface area contributed by atoms with Crippen LogP contribution < -0.4 is 10.6 Å². The lowest BCUT2D eigenvalue weighted by atomic mass is 10.00. The van der Waals surface area contributed by atoms with Crippen LogP contribution in [0.3, 0.4) is 0 Å². The van der Waals surface area contributed by atoms with Crippen LogP contribution in [0.5, 0.6) is 5.75 Å². The first-order valence-corrected chi connectivity index (χ1v) is 12.0. The molecule has 0 saturated heterocycles. The van der Waals surface area contributed by atoms with Gasteiger partial charge in [0.05, 0.1) is 0 Å². The van der Waals surface area contributed by atoms with Gasteiger partial charge in [0.15, 0.2) is 6.04 Å². The van der Waals surface area contributed by atoms with Gasteiger partial charge in [0.2, 0.25) is 5.91 Å². The number of hydrogen-bond donors (Lipinski definition) is 3. The summed E-state index contributed by atoms with van der Waals surface area (Å²) >= 11 is 0. The molecule has 0 aromatic heterocycles. The van der Waals surface area contributed by atoms with Gasteiger partial charge in [-0.1, -0.05) is 68.3 Å². The monoisotopic (exact) mass is 493 g/mol. The van der Waals surface area contributed by atoms with E-state index in [0.29, 0.717) is 6.54 Å². The van der Waals surface area contributed by atoms with Gasteiger partial charge in [-0.05, 0) is 38.8 Å². The van der Waals surface area contributed by atoms with Gasteiger partial charge in [-0.2, -0.15) is 0 Å². The largest absolute Gasteiger partial charge is 0.508 e. The maximum Gasteiger partial charge on any atom is 0.408 e. The number of nitrogens with zero attached hydrogens (tertiary/aromatic N) is 1. The predicted molar refractivity (Wildman–Crippen MR) is 138 cm³/mol. The van der Waals surface area contributed by atoms with Gasteiger partial charge in [-0.15, -0.1) is 0 Å². The van der Waals surface area contributed by atoms with E-state index in [4.69, 9.17) is 11.2 Å². The summed E-state index contributed by atoms with van der Waals surface area (Å²) in [6.45, 7) is 7.51. The summed E-state index contributed by atoms with van der Waals surface area (Å²) in [4.78, 5) is 40.6. The van der Waals surface area contributed by atoms with Crippen molar-refractivity contribution in [3.05, 3.63) is 65.7 Å². The van der Waals surface area contributed by atoms with E-state index in [2.05, 4.69) is 16.7 Å². The number of terminal acetylenes is 1. The van der Waals surface area contributed by atoms with Crippen LogP contribution in [0.25, 0.3) is 0 Å². The van der Waals surface area contributed by atoms with Crippen LogP contribution in [0.15, 0.2) is 54.6 Å². The number of para-hydroxylation sites is 1. The summed E-state index contributed by atoms with van der Waals surface area (Å²) < 4.78 is 5.35. The summed E-state index contributed by atoms with van der Waals surface area (Å²) in [5.74, 6) is -1.40. The Morgan fingerprint density at radius 2 is 1.72 bits per heavy atom. The van der Waals surface area contributed by atoms with E-state index < -0.39 is 35.6 Å². The summed E-state index contributed by atoms with van der Waals surface area (Å²) in [7, 11) is 0. The average molecular weight is 494 g/mol. The maximum absolute atomic E-state index is 13.8. The fraction of sp³-hybridized carbons (Fsp3) is 0.393. The van der Waals surface area contributed by atoms with Gasteiger partial charge in [0, 0.05) is 24.6 Å². The molecule has 2 unspecified atom stereocenters. The van der Waals surface area contributed by atoms with E-state index in [-0.39, 0.29) is 17.7 Å². The van der Waals surface area contributed by atoms with Crippen molar-refractivity contribution in [2.75, 3.05) is 6.54 Å². The molecule has 8 nitrogen and oxygen atoms in total. The van der Waals surface area contributed by atoms with Gasteiger partial charge in [0.1, 0.15) is 17.4 Å². The smallest absolute Gasteiger partial charge is 0.408 e. The molecule has 3 N–H and O–H groups in total. The van der Waals surface area contributed by atoms with Gasteiger partial charge >= 0.3 is 6.09 Å². The van der Waals surface area contributed by atoms with Crippen molar-refractivity contribution in [3.8, 4) is 18.2 Å². The Bertz CT molecular complexity index is 1070. The van der Waals surface area contributed by atoms with Gasteiger partial charge in [-0.3, -0.25) is 14.5 Å². The van der Waals surface area contributed by atoms with Crippen molar-refractivity contribution in [3.63, 3.8) is 0 Å². The Balaban J connectivity index is 2.45. The summed E-state index contributed by atoms with van der Waals surface area (Å²) in [5, 5.41) is 15.9. The molecule has 2 atom stereocenters. The second-order valence-corrected chi connectivity index (χ2v) is 9.33. The van der Waals surface area contributed by atoms with Crippen molar-refractivity contribution in [2.24, 2.45) is 0 Å². The molecule has 2 rings (SSSR count). The van der Waals surface area contributed by atoms with Crippen LogP contribution in [0.1, 0.15) is 57.7 Å². The van der Waals surface area contributed by atoms with E-state index in [1.54, 1.807) is 32.9 Å². The molecule has 0 fully saturated rings. The first-order valence-electron chi connectivity index (χ1n) is 12.0. The van der Waals surface area contributed by atoms with Crippen LogP contribution in [-0.4, -0.2) is 46.1 Å². The number of alkyl carbamates (subject to hydrolysis) is 1. The highest BCUT2D eigenvalue weighted by atomic mass is 16.6. The number of phenolic OH excluding ortho intramolecular Hbond substituents is 1. The number of carbonyl (C=O) groups excluding carboxylic acids is 3. The summed E-state index contributed by atoms with van der Waals surface area (Å²) in [5.41, 5.74) is 0.164. The molecule has 192 valence electrons. The van der Waals surface area contributed by atoms with Crippen molar-refractivity contribution in [2.45, 2.75) is 64.6 Å². The molecule has 0 spiro atoms.